The van der Waals surface area contributed by atoms with Crippen molar-refractivity contribution in [2.45, 2.75) is 23.4 Å². The predicted octanol–water partition coefficient (Wildman–Crippen LogP) is 1.14. The van der Waals surface area contributed by atoms with E-state index >= 15 is 0 Å². The van der Waals surface area contributed by atoms with Gasteiger partial charge in [-0.25, -0.2) is 17.9 Å². The monoisotopic (exact) mass is 334 g/mol. The summed E-state index contributed by atoms with van der Waals surface area (Å²) in [5.74, 6) is -0.207. The van der Waals surface area contributed by atoms with Gasteiger partial charge in [-0.1, -0.05) is 0 Å². The van der Waals surface area contributed by atoms with Crippen molar-refractivity contribution in [3.05, 3.63) is 28.3 Å². The second-order valence-electron chi connectivity index (χ2n) is 4.98. The Hall–Kier alpha value is -1.78. The zero-order chi connectivity index (χ0) is 16.4. The molecule has 0 unspecified atom stereocenters. The average molecular weight is 334 g/mol. The third kappa shape index (κ3) is 3.90. The first-order valence-corrected chi connectivity index (χ1v) is 7.97. The molecule has 0 bridgehead atoms. The summed E-state index contributed by atoms with van der Waals surface area (Å²) in [6, 6.07) is 2.96. The Morgan fingerprint density at radius 1 is 1.41 bits per heavy atom. The number of ether oxygens (including phenoxy) is 2. The Bertz CT molecular complexity index is 672. The normalized spacial score (nSPS) is 17.9. The lowest BCUT2D eigenvalue weighted by Gasteiger charge is -2.29. The Kier molecular flexibility index (Phi) is 4.63. The predicted molar refractivity (Wildman–Crippen MR) is 73.9 cm³/mol. The van der Waals surface area contributed by atoms with Gasteiger partial charge in [0.2, 0.25) is 10.0 Å². The van der Waals surface area contributed by atoms with Crippen LogP contribution in [-0.4, -0.2) is 38.8 Å². The number of nitrogens with zero attached hydrogens (tertiary/aromatic N) is 1. The molecule has 0 amide bonds. The molecule has 1 aromatic carbocycles. The van der Waals surface area contributed by atoms with Crippen LogP contribution in [0.15, 0.2) is 23.1 Å². The summed E-state index contributed by atoms with van der Waals surface area (Å²) in [5, 5.41) is 15.9. The minimum absolute atomic E-state index is 0.135. The lowest BCUT2D eigenvalue weighted by molar-refractivity contribution is -0.386. The molecule has 0 spiro atoms. The highest BCUT2D eigenvalue weighted by Crippen LogP contribution is 2.32. The molecule has 0 saturated carbocycles. The van der Waals surface area contributed by atoms with Gasteiger partial charge in [-0.2, -0.15) is 0 Å². The Morgan fingerprint density at radius 2 is 2.05 bits per heavy atom. The molecule has 1 heterocycles. The highest BCUT2D eigenvalue weighted by atomic mass is 32.2. The first-order chi connectivity index (χ1) is 10.2. The van der Waals surface area contributed by atoms with Gasteiger partial charge >= 0.3 is 5.69 Å². The molecule has 0 atom stereocenters. The number of benzene rings is 1. The van der Waals surface area contributed by atoms with Gasteiger partial charge in [0.25, 0.3) is 0 Å². The van der Waals surface area contributed by atoms with E-state index in [9.17, 15) is 22.9 Å². The Morgan fingerprint density at radius 3 is 2.59 bits per heavy atom. The number of rotatable bonds is 5. The quantitative estimate of drug-likeness (QED) is 0.636. The molecule has 1 aliphatic rings. The standard InChI is InChI=1S/C12H15FN2O6S/c13-12(3-5-20-6-4-12)8-21-11-2-1-9(22(14,18)19)7-10(11)15(16)17/h1-2,7H,3-6,8H2,(H2,14,18,19). The minimum Gasteiger partial charge on any atom is -0.483 e. The Labute approximate surface area is 126 Å². The number of nitro benzene ring substituents is 1. The summed E-state index contributed by atoms with van der Waals surface area (Å²) in [5.41, 5.74) is -2.20. The van der Waals surface area contributed by atoms with Gasteiger partial charge in [0.1, 0.15) is 12.3 Å². The van der Waals surface area contributed by atoms with Crippen LogP contribution in [0.3, 0.4) is 0 Å². The van der Waals surface area contributed by atoms with Crippen LogP contribution in [0.1, 0.15) is 12.8 Å². The lowest BCUT2D eigenvalue weighted by atomic mass is 9.98. The van der Waals surface area contributed by atoms with E-state index in [1.54, 1.807) is 0 Å². The molecule has 2 N–H and O–H groups in total. The maximum absolute atomic E-state index is 14.4. The van der Waals surface area contributed by atoms with E-state index in [1.165, 1.54) is 0 Å². The summed E-state index contributed by atoms with van der Waals surface area (Å²) < 4.78 is 47.0. The second-order valence-corrected chi connectivity index (χ2v) is 6.55. The van der Waals surface area contributed by atoms with E-state index in [2.05, 4.69) is 0 Å². The molecule has 2 rings (SSSR count). The molecule has 8 nitrogen and oxygen atoms in total. The van der Waals surface area contributed by atoms with Crippen molar-refractivity contribution >= 4 is 15.7 Å². The van der Waals surface area contributed by atoms with E-state index in [-0.39, 0.29) is 38.4 Å². The highest BCUT2D eigenvalue weighted by molar-refractivity contribution is 7.89. The summed E-state index contributed by atoms with van der Waals surface area (Å²) >= 11 is 0. The Balaban J connectivity index is 2.21. The van der Waals surface area contributed by atoms with E-state index < -0.39 is 31.2 Å². The SMILES string of the molecule is NS(=O)(=O)c1ccc(OCC2(F)CCOCC2)c([N+](=O)[O-])c1. The third-order valence-electron chi connectivity index (χ3n) is 3.33. The maximum Gasteiger partial charge on any atom is 0.312 e. The number of sulfonamides is 1. The molecule has 1 aliphatic heterocycles. The zero-order valence-corrected chi connectivity index (χ0v) is 12.3. The van der Waals surface area contributed by atoms with Gasteiger partial charge in [-0.3, -0.25) is 10.1 Å². The van der Waals surface area contributed by atoms with Gasteiger partial charge in [-0.05, 0) is 12.1 Å². The number of nitrogens with two attached hydrogens (primary N) is 1. The van der Waals surface area contributed by atoms with Crippen molar-refractivity contribution in [2.24, 2.45) is 5.14 Å². The largest absolute Gasteiger partial charge is 0.483 e. The third-order valence-corrected chi connectivity index (χ3v) is 4.24. The van der Waals surface area contributed by atoms with Gasteiger partial charge in [0.05, 0.1) is 9.82 Å². The fraction of sp³-hybridized carbons (Fsp3) is 0.500. The maximum atomic E-state index is 14.4. The number of alkyl halides is 1. The van der Waals surface area contributed by atoms with Gasteiger partial charge in [0, 0.05) is 32.1 Å². The molecule has 0 aliphatic carbocycles. The van der Waals surface area contributed by atoms with E-state index in [4.69, 9.17) is 14.6 Å². The van der Waals surface area contributed by atoms with Crippen LogP contribution in [-0.2, 0) is 14.8 Å². The van der Waals surface area contributed by atoms with Crippen LogP contribution >= 0.6 is 0 Å². The van der Waals surface area contributed by atoms with Crippen molar-refractivity contribution in [1.29, 1.82) is 0 Å². The fourth-order valence-electron chi connectivity index (χ4n) is 2.03. The van der Waals surface area contributed by atoms with E-state index in [1.807, 2.05) is 0 Å². The number of primary sulfonamides is 1. The smallest absolute Gasteiger partial charge is 0.312 e. The van der Waals surface area contributed by atoms with Crippen molar-refractivity contribution in [2.75, 3.05) is 19.8 Å². The second kappa shape index (κ2) is 6.15. The van der Waals surface area contributed by atoms with Crippen LogP contribution in [0.4, 0.5) is 10.1 Å². The van der Waals surface area contributed by atoms with Crippen molar-refractivity contribution in [3.8, 4) is 5.75 Å². The number of hydrogen-bond donors (Lipinski definition) is 1. The van der Waals surface area contributed by atoms with Crippen LogP contribution < -0.4 is 9.88 Å². The first-order valence-electron chi connectivity index (χ1n) is 6.42. The summed E-state index contributed by atoms with van der Waals surface area (Å²) in [7, 11) is -4.07. The van der Waals surface area contributed by atoms with Crippen LogP contribution in [0.2, 0.25) is 0 Å². The zero-order valence-electron chi connectivity index (χ0n) is 11.5. The topological polar surface area (TPSA) is 122 Å². The van der Waals surface area contributed by atoms with Crippen LogP contribution in [0.25, 0.3) is 0 Å². The van der Waals surface area contributed by atoms with Gasteiger partial charge in [0.15, 0.2) is 5.75 Å². The summed E-state index contributed by atoms with van der Waals surface area (Å²) in [6.45, 7) is 0.143. The number of hydrogen-bond acceptors (Lipinski definition) is 6. The lowest BCUT2D eigenvalue weighted by Crippen LogP contribution is -2.37. The first kappa shape index (κ1) is 16.6. The molecular weight excluding hydrogens is 319 g/mol. The molecule has 1 saturated heterocycles. The minimum atomic E-state index is -4.07. The average Bonchev–Trinajstić information content (AvgIpc) is 2.44. The summed E-state index contributed by atoms with van der Waals surface area (Å²) in [4.78, 5) is 9.79. The molecule has 22 heavy (non-hydrogen) atoms. The molecule has 0 aromatic heterocycles. The molecular formula is C12H15FN2O6S. The fourth-order valence-corrected chi connectivity index (χ4v) is 2.56. The molecule has 1 fully saturated rings. The highest BCUT2D eigenvalue weighted by Gasteiger charge is 2.34. The van der Waals surface area contributed by atoms with Crippen LogP contribution in [0.5, 0.6) is 5.75 Å². The molecule has 1 aromatic rings. The number of halogens is 1. The van der Waals surface area contributed by atoms with Crippen molar-refractivity contribution in [1.82, 2.24) is 0 Å². The van der Waals surface area contributed by atoms with Crippen molar-refractivity contribution < 1.29 is 27.2 Å². The van der Waals surface area contributed by atoms with E-state index in [0.717, 1.165) is 18.2 Å². The van der Waals surface area contributed by atoms with Gasteiger partial charge < -0.3 is 9.47 Å². The molecule has 0 radical (unpaired) electrons. The van der Waals surface area contributed by atoms with Crippen LogP contribution in [0, 0.1) is 10.1 Å². The van der Waals surface area contributed by atoms with Crippen molar-refractivity contribution in [3.63, 3.8) is 0 Å². The van der Waals surface area contributed by atoms with E-state index in [0.29, 0.717) is 0 Å². The number of nitro groups is 1. The van der Waals surface area contributed by atoms with Gasteiger partial charge in [-0.15, -0.1) is 0 Å². The molecule has 10 heteroatoms. The summed E-state index contributed by atoms with van der Waals surface area (Å²) in [6.07, 6.45) is 0.270. The molecule has 122 valence electrons.